The summed E-state index contributed by atoms with van der Waals surface area (Å²) in [4.78, 5) is 2.29. The lowest BCUT2D eigenvalue weighted by molar-refractivity contribution is 0.438. The molecule has 1 nitrogen and oxygen atoms in total. The summed E-state index contributed by atoms with van der Waals surface area (Å²) in [6, 6.07) is 0. The van der Waals surface area contributed by atoms with Gasteiger partial charge < -0.3 is 4.90 Å². The van der Waals surface area contributed by atoms with E-state index in [0.717, 1.165) is 31.7 Å². The minimum atomic E-state index is 0.916. The number of allylic oxidation sites excluding steroid dienone is 6. The third kappa shape index (κ3) is 2.78. The third-order valence-corrected chi connectivity index (χ3v) is 2.97. The van der Waals surface area contributed by atoms with E-state index in [1.54, 1.807) is 0 Å². The highest BCUT2D eigenvalue weighted by molar-refractivity contribution is 7.80. The van der Waals surface area contributed by atoms with Crippen LogP contribution in [0.25, 0.3) is 0 Å². The number of rotatable bonds is 3. The van der Waals surface area contributed by atoms with E-state index in [4.69, 9.17) is 0 Å². The summed E-state index contributed by atoms with van der Waals surface area (Å²) >= 11 is 4.24. The highest BCUT2D eigenvalue weighted by Gasteiger charge is 2.07. The fourth-order valence-electron chi connectivity index (χ4n) is 1.90. The molecule has 0 saturated carbocycles. The number of nitrogens with zero attached hydrogens (tertiary/aromatic N) is 1. The molecule has 2 aliphatic rings. The maximum absolute atomic E-state index is 4.24. The molecule has 0 atom stereocenters. The first-order valence-electron chi connectivity index (χ1n) is 5.48. The van der Waals surface area contributed by atoms with Crippen molar-refractivity contribution in [3.63, 3.8) is 0 Å². The lowest BCUT2D eigenvalue weighted by atomic mass is 9.96. The van der Waals surface area contributed by atoms with Crippen LogP contribution in [0.3, 0.4) is 0 Å². The van der Waals surface area contributed by atoms with Crippen molar-refractivity contribution in [2.24, 2.45) is 0 Å². The van der Waals surface area contributed by atoms with Gasteiger partial charge in [-0.25, -0.2) is 0 Å². The van der Waals surface area contributed by atoms with Gasteiger partial charge in [0.1, 0.15) is 0 Å². The average Bonchev–Trinajstić information content (AvgIpc) is 2.32. The van der Waals surface area contributed by atoms with E-state index in [1.165, 1.54) is 11.1 Å². The molecule has 0 fully saturated rings. The van der Waals surface area contributed by atoms with E-state index in [9.17, 15) is 0 Å². The molecule has 0 saturated heterocycles. The van der Waals surface area contributed by atoms with Crippen molar-refractivity contribution in [2.75, 3.05) is 18.8 Å². The molecule has 0 aromatic rings. The lowest BCUT2D eigenvalue weighted by Gasteiger charge is -2.23. The minimum absolute atomic E-state index is 0.916. The van der Waals surface area contributed by atoms with Gasteiger partial charge in [0.15, 0.2) is 0 Å². The maximum atomic E-state index is 4.24. The largest absolute Gasteiger partial charge is 0.373 e. The second-order valence-electron chi connectivity index (χ2n) is 3.83. The summed E-state index contributed by atoms with van der Waals surface area (Å²) in [5.41, 5.74) is 2.87. The topological polar surface area (TPSA) is 3.24 Å². The van der Waals surface area contributed by atoms with Gasteiger partial charge in [0, 0.05) is 18.8 Å². The smallest absolute Gasteiger partial charge is 0.0363 e. The Morgan fingerprint density at radius 1 is 1.27 bits per heavy atom. The van der Waals surface area contributed by atoms with Crippen LogP contribution in [0.1, 0.15) is 12.8 Å². The van der Waals surface area contributed by atoms with Crippen molar-refractivity contribution >= 4 is 12.6 Å². The van der Waals surface area contributed by atoms with E-state index in [1.807, 2.05) is 0 Å². The average molecular weight is 219 g/mol. The molecule has 1 aliphatic carbocycles. The second kappa shape index (κ2) is 5.26. The van der Waals surface area contributed by atoms with Crippen LogP contribution in [0.2, 0.25) is 0 Å². The Morgan fingerprint density at radius 2 is 2.20 bits per heavy atom. The SMILES string of the molecule is SCCN1C=CC(C2=CCC=CC2)=CC1. The van der Waals surface area contributed by atoms with Gasteiger partial charge >= 0.3 is 0 Å². The summed E-state index contributed by atoms with van der Waals surface area (Å²) in [6.07, 6.45) is 15.7. The third-order valence-electron chi connectivity index (χ3n) is 2.77. The van der Waals surface area contributed by atoms with Gasteiger partial charge in [0.05, 0.1) is 0 Å². The van der Waals surface area contributed by atoms with Crippen LogP contribution in [-0.4, -0.2) is 23.7 Å². The van der Waals surface area contributed by atoms with E-state index in [0.29, 0.717) is 0 Å². The number of hydrogen-bond acceptors (Lipinski definition) is 2. The van der Waals surface area contributed by atoms with Gasteiger partial charge in [-0.1, -0.05) is 24.3 Å². The standard InChI is InChI=1S/C13H17NS/c15-11-10-14-8-6-13(7-9-14)12-4-2-1-3-5-12/h1-2,5-8,15H,3-4,9-11H2. The Bertz CT molecular complexity index is 336. The Kier molecular flexibility index (Phi) is 3.73. The number of thiol groups is 1. The summed E-state index contributed by atoms with van der Waals surface area (Å²) in [5.74, 6) is 0.916. The summed E-state index contributed by atoms with van der Waals surface area (Å²) in [5, 5.41) is 0. The number of hydrogen-bond donors (Lipinski definition) is 1. The molecule has 0 spiro atoms. The van der Waals surface area contributed by atoms with E-state index >= 15 is 0 Å². The van der Waals surface area contributed by atoms with Crippen molar-refractivity contribution in [2.45, 2.75) is 12.8 Å². The van der Waals surface area contributed by atoms with Crippen molar-refractivity contribution in [3.8, 4) is 0 Å². The zero-order chi connectivity index (χ0) is 10.5. The molecule has 2 rings (SSSR count). The predicted molar refractivity (Wildman–Crippen MR) is 69.1 cm³/mol. The van der Waals surface area contributed by atoms with Crippen molar-refractivity contribution < 1.29 is 0 Å². The normalized spacial score (nSPS) is 20.2. The highest BCUT2D eigenvalue weighted by Crippen LogP contribution is 2.22. The first-order chi connectivity index (χ1) is 7.40. The Labute approximate surface area is 97.3 Å². The quantitative estimate of drug-likeness (QED) is 0.564. The predicted octanol–water partition coefficient (Wildman–Crippen LogP) is 2.95. The molecule has 0 aromatic heterocycles. The van der Waals surface area contributed by atoms with Crippen LogP contribution in [0.15, 0.2) is 47.7 Å². The zero-order valence-electron chi connectivity index (χ0n) is 8.89. The van der Waals surface area contributed by atoms with Gasteiger partial charge in [-0.05, 0) is 36.3 Å². The summed E-state index contributed by atoms with van der Waals surface area (Å²) in [6.45, 7) is 2.05. The first-order valence-corrected chi connectivity index (χ1v) is 6.11. The Balaban J connectivity index is 1.96. The molecule has 0 N–H and O–H groups in total. The van der Waals surface area contributed by atoms with Gasteiger partial charge in [0.25, 0.3) is 0 Å². The van der Waals surface area contributed by atoms with E-state index in [2.05, 4.69) is 54.1 Å². The van der Waals surface area contributed by atoms with Crippen molar-refractivity contribution in [1.29, 1.82) is 0 Å². The Morgan fingerprint density at radius 3 is 2.80 bits per heavy atom. The fraction of sp³-hybridized carbons (Fsp3) is 0.385. The molecule has 0 aromatic carbocycles. The van der Waals surface area contributed by atoms with Crippen LogP contribution >= 0.6 is 12.6 Å². The molecule has 0 radical (unpaired) electrons. The molecular formula is C13H17NS. The van der Waals surface area contributed by atoms with Gasteiger partial charge in [-0.2, -0.15) is 12.6 Å². The van der Waals surface area contributed by atoms with Crippen molar-refractivity contribution in [1.82, 2.24) is 4.90 Å². The van der Waals surface area contributed by atoms with Crippen LogP contribution < -0.4 is 0 Å². The molecule has 15 heavy (non-hydrogen) atoms. The molecule has 80 valence electrons. The lowest BCUT2D eigenvalue weighted by Crippen LogP contribution is -2.22. The monoisotopic (exact) mass is 219 g/mol. The molecule has 2 heteroatoms. The summed E-state index contributed by atoms with van der Waals surface area (Å²) < 4.78 is 0. The van der Waals surface area contributed by atoms with Crippen LogP contribution in [0.4, 0.5) is 0 Å². The van der Waals surface area contributed by atoms with E-state index < -0.39 is 0 Å². The maximum Gasteiger partial charge on any atom is 0.0363 e. The minimum Gasteiger partial charge on any atom is -0.373 e. The van der Waals surface area contributed by atoms with Gasteiger partial charge in [-0.3, -0.25) is 0 Å². The molecular weight excluding hydrogens is 202 g/mol. The van der Waals surface area contributed by atoms with Crippen molar-refractivity contribution in [3.05, 3.63) is 47.7 Å². The van der Waals surface area contributed by atoms with Crippen LogP contribution in [-0.2, 0) is 0 Å². The zero-order valence-corrected chi connectivity index (χ0v) is 9.79. The summed E-state index contributed by atoms with van der Waals surface area (Å²) in [7, 11) is 0. The van der Waals surface area contributed by atoms with Crippen LogP contribution in [0, 0.1) is 0 Å². The Hall–Kier alpha value is -0.890. The molecule has 1 heterocycles. The first kappa shape index (κ1) is 10.6. The second-order valence-corrected chi connectivity index (χ2v) is 4.28. The molecule has 0 amide bonds. The highest BCUT2D eigenvalue weighted by atomic mass is 32.1. The van der Waals surface area contributed by atoms with Gasteiger partial charge in [0.2, 0.25) is 0 Å². The van der Waals surface area contributed by atoms with Crippen LogP contribution in [0.5, 0.6) is 0 Å². The molecule has 0 unspecified atom stereocenters. The fourth-order valence-corrected chi connectivity index (χ4v) is 2.16. The van der Waals surface area contributed by atoms with Gasteiger partial charge in [-0.15, -0.1) is 0 Å². The molecule has 1 aliphatic heterocycles. The van der Waals surface area contributed by atoms with E-state index in [-0.39, 0.29) is 0 Å². The molecule has 0 bridgehead atoms.